The van der Waals surface area contributed by atoms with Gasteiger partial charge in [0.25, 0.3) is 5.89 Å². The zero-order chi connectivity index (χ0) is 17.2. The van der Waals surface area contributed by atoms with Gasteiger partial charge in [0.2, 0.25) is 5.82 Å². The van der Waals surface area contributed by atoms with Crippen molar-refractivity contribution in [3.63, 3.8) is 0 Å². The lowest BCUT2D eigenvalue weighted by Gasteiger charge is -1.95. The molecule has 0 N–H and O–H groups in total. The van der Waals surface area contributed by atoms with Gasteiger partial charge in [0, 0.05) is 16.1 Å². The highest BCUT2D eigenvalue weighted by atomic mass is 35.5. The second-order valence-electron chi connectivity index (χ2n) is 5.54. The maximum atomic E-state index is 5.89. The Labute approximate surface area is 148 Å². The highest BCUT2D eigenvalue weighted by Gasteiger charge is 2.12. The molecule has 8 heteroatoms. The third kappa shape index (κ3) is 3.41. The van der Waals surface area contributed by atoms with E-state index in [1.165, 1.54) is 4.80 Å². The van der Waals surface area contributed by atoms with Crippen LogP contribution < -0.4 is 0 Å². The van der Waals surface area contributed by atoms with E-state index in [1.807, 2.05) is 43.3 Å². The molecule has 0 fully saturated rings. The maximum Gasteiger partial charge on any atom is 0.257 e. The molecule has 0 bridgehead atoms. The lowest BCUT2D eigenvalue weighted by Crippen LogP contribution is -2.05. The predicted molar refractivity (Wildman–Crippen MR) is 91.8 cm³/mol. The summed E-state index contributed by atoms with van der Waals surface area (Å²) in [5, 5.41) is 17.0. The zero-order valence-corrected chi connectivity index (χ0v) is 14.1. The molecule has 4 aromatic rings. The number of hydrogen-bond acceptors (Lipinski definition) is 6. The van der Waals surface area contributed by atoms with Crippen LogP contribution in [0, 0.1) is 6.92 Å². The van der Waals surface area contributed by atoms with E-state index >= 15 is 0 Å². The predicted octanol–water partition coefficient (Wildman–Crippen LogP) is 3.40. The summed E-state index contributed by atoms with van der Waals surface area (Å²) in [4.78, 5) is 5.81. The van der Waals surface area contributed by atoms with Gasteiger partial charge < -0.3 is 4.52 Å². The van der Waals surface area contributed by atoms with Gasteiger partial charge in [-0.25, -0.2) is 0 Å². The number of aryl methyl sites for hydroxylation is 1. The van der Waals surface area contributed by atoms with Crippen LogP contribution in [0.15, 0.2) is 53.1 Å². The smallest absolute Gasteiger partial charge is 0.257 e. The Kier molecular flexibility index (Phi) is 3.99. The molecular formula is C17H13ClN6O. The van der Waals surface area contributed by atoms with Crippen LogP contribution in [0.25, 0.3) is 22.8 Å². The van der Waals surface area contributed by atoms with Crippen molar-refractivity contribution in [2.24, 2.45) is 0 Å². The minimum atomic E-state index is 0.274. The first-order valence-corrected chi connectivity index (χ1v) is 7.98. The van der Waals surface area contributed by atoms with Crippen LogP contribution in [0.4, 0.5) is 0 Å². The summed E-state index contributed by atoms with van der Waals surface area (Å²) < 4.78 is 5.32. The van der Waals surface area contributed by atoms with Crippen molar-refractivity contribution in [2.75, 3.05) is 0 Å². The zero-order valence-electron chi connectivity index (χ0n) is 13.3. The molecule has 25 heavy (non-hydrogen) atoms. The van der Waals surface area contributed by atoms with Crippen molar-refractivity contribution in [3.8, 4) is 22.8 Å². The van der Waals surface area contributed by atoms with E-state index < -0.39 is 0 Å². The fraction of sp³-hybridized carbons (Fsp3) is 0.118. The SMILES string of the molecule is Cc1cccc(-c2nc(Cn3nnc(-c4ccc(Cl)cc4)n3)no2)c1. The van der Waals surface area contributed by atoms with Crippen LogP contribution in [0.3, 0.4) is 0 Å². The second-order valence-corrected chi connectivity index (χ2v) is 5.97. The van der Waals surface area contributed by atoms with E-state index in [-0.39, 0.29) is 6.54 Å². The standard InChI is InChI=1S/C17H13ClN6O/c1-11-3-2-4-13(9-11)17-19-15(22-25-17)10-24-21-16(20-23-24)12-5-7-14(18)8-6-12/h2-9H,10H2,1H3. The molecule has 0 atom stereocenters. The van der Waals surface area contributed by atoms with E-state index in [2.05, 4.69) is 25.6 Å². The minimum Gasteiger partial charge on any atom is -0.334 e. The van der Waals surface area contributed by atoms with Crippen molar-refractivity contribution in [2.45, 2.75) is 13.5 Å². The number of benzene rings is 2. The highest BCUT2D eigenvalue weighted by molar-refractivity contribution is 6.30. The molecule has 2 aromatic heterocycles. The molecule has 2 heterocycles. The summed E-state index contributed by atoms with van der Waals surface area (Å²) in [5.74, 6) is 1.47. The molecule has 0 unspecified atom stereocenters. The first-order chi connectivity index (χ1) is 12.2. The normalized spacial score (nSPS) is 11.0. The van der Waals surface area contributed by atoms with Crippen molar-refractivity contribution < 1.29 is 4.52 Å². The van der Waals surface area contributed by atoms with Crippen molar-refractivity contribution in [1.82, 2.24) is 30.3 Å². The van der Waals surface area contributed by atoms with Gasteiger partial charge >= 0.3 is 0 Å². The van der Waals surface area contributed by atoms with E-state index in [0.717, 1.165) is 16.7 Å². The highest BCUT2D eigenvalue weighted by Crippen LogP contribution is 2.19. The van der Waals surface area contributed by atoms with Crippen LogP contribution in [0.5, 0.6) is 0 Å². The topological polar surface area (TPSA) is 82.5 Å². The second kappa shape index (κ2) is 6.45. The Hall–Kier alpha value is -3.06. The monoisotopic (exact) mass is 352 g/mol. The molecular weight excluding hydrogens is 340 g/mol. The number of halogens is 1. The Morgan fingerprint density at radius 1 is 1.08 bits per heavy atom. The van der Waals surface area contributed by atoms with Gasteiger partial charge in [-0.2, -0.15) is 9.78 Å². The number of rotatable bonds is 4. The van der Waals surface area contributed by atoms with Gasteiger partial charge in [-0.1, -0.05) is 34.5 Å². The molecule has 0 amide bonds. The van der Waals surface area contributed by atoms with Crippen molar-refractivity contribution in [1.29, 1.82) is 0 Å². The average molecular weight is 353 g/mol. The fourth-order valence-electron chi connectivity index (χ4n) is 2.36. The molecule has 0 radical (unpaired) electrons. The average Bonchev–Trinajstić information content (AvgIpc) is 3.26. The summed E-state index contributed by atoms with van der Waals surface area (Å²) >= 11 is 5.89. The summed E-state index contributed by atoms with van der Waals surface area (Å²) in [6, 6.07) is 15.1. The lowest BCUT2D eigenvalue weighted by molar-refractivity contribution is 0.415. The molecule has 0 aliphatic heterocycles. The third-order valence-corrected chi connectivity index (χ3v) is 3.82. The first kappa shape index (κ1) is 15.5. The fourth-order valence-corrected chi connectivity index (χ4v) is 2.49. The van der Waals surface area contributed by atoms with Crippen LogP contribution in [0.2, 0.25) is 5.02 Å². The number of tetrazole rings is 1. The van der Waals surface area contributed by atoms with Crippen LogP contribution in [-0.4, -0.2) is 30.3 Å². The van der Waals surface area contributed by atoms with E-state index in [9.17, 15) is 0 Å². The Morgan fingerprint density at radius 2 is 1.92 bits per heavy atom. The Balaban J connectivity index is 1.52. The van der Waals surface area contributed by atoms with Crippen LogP contribution in [-0.2, 0) is 6.54 Å². The van der Waals surface area contributed by atoms with Gasteiger partial charge in [0.05, 0.1) is 0 Å². The molecule has 0 aliphatic rings. The molecule has 7 nitrogen and oxygen atoms in total. The van der Waals surface area contributed by atoms with Crippen molar-refractivity contribution in [3.05, 3.63) is 64.9 Å². The molecule has 2 aromatic carbocycles. The van der Waals surface area contributed by atoms with Gasteiger partial charge in [-0.3, -0.25) is 0 Å². The van der Waals surface area contributed by atoms with Gasteiger partial charge in [-0.05, 0) is 48.5 Å². The lowest BCUT2D eigenvalue weighted by atomic mass is 10.1. The van der Waals surface area contributed by atoms with E-state index in [4.69, 9.17) is 16.1 Å². The Bertz CT molecular complexity index is 1010. The largest absolute Gasteiger partial charge is 0.334 e. The Morgan fingerprint density at radius 3 is 2.72 bits per heavy atom. The molecule has 4 rings (SSSR count). The molecule has 0 saturated heterocycles. The summed E-state index contributed by atoms with van der Waals surface area (Å²) in [6.07, 6.45) is 0. The van der Waals surface area contributed by atoms with Crippen LogP contribution in [0.1, 0.15) is 11.4 Å². The minimum absolute atomic E-state index is 0.274. The van der Waals surface area contributed by atoms with Crippen LogP contribution >= 0.6 is 11.6 Å². The first-order valence-electron chi connectivity index (χ1n) is 7.61. The van der Waals surface area contributed by atoms with Crippen molar-refractivity contribution >= 4 is 11.6 Å². The number of nitrogens with zero attached hydrogens (tertiary/aromatic N) is 6. The van der Waals surface area contributed by atoms with E-state index in [1.54, 1.807) is 12.1 Å². The van der Waals surface area contributed by atoms with Gasteiger partial charge in [-0.15, -0.1) is 10.2 Å². The third-order valence-electron chi connectivity index (χ3n) is 3.57. The number of hydrogen-bond donors (Lipinski definition) is 0. The summed E-state index contributed by atoms with van der Waals surface area (Å²) in [5.41, 5.74) is 2.85. The molecule has 0 saturated carbocycles. The van der Waals surface area contributed by atoms with Gasteiger partial charge in [0.1, 0.15) is 6.54 Å². The summed E-state index contributed by atoms with van der Waals surface area (Å²) in [7, 11) is 0. The molecule has 0 aliphatic carbocycles. The van der Waals surface area contributed by atoms with Gasteiger partial charge in [0.15, 0.2) is 5.82 Å². The maximum absolute atomic E-state index is 5.89. The quantitative estimate of drug-likeness (QED) is 0.559. The number of aromatic nitrogens is 6. The molecule has 124 valence electrons. The van der Waals surface area contributed by atoms with E-state index in [0.29, 0.717) is 22.6 Å². The molecule has 0 spiro atoms. The summed E-state index contributed by atoms with van der Waals surface area (Å²) in [6.45, 7) is 2.29.